The monoisotopic (exact) mass is 254 g/mol. The van der Waals surface area contributed by atoms with E-state index in [-0.39, 0.29) is 41.7 Å². The maximum atomic E-state index is 10.5. The molecule has 88 valence electrons. The summed E-state index contributed by atoms with van der Waals surface area (Å²) in [6.45, 7) is 0. The number of rotatable bonds is 5. The fourth-order valence-electron chi connectivity index (χ4n) is 0.756. The first kappa shape index (κ1) is 17.7. The Morgan fingerprint density at radius 1 is 0.647 bits per heavy atom. The zero-order valence-corrected chi connectivity index (χ0v) is 7.58. The van der Waals surface area contributed by atoms with Crippen LogP contribution in [0.25, 0.3) is 0 Å². The molecule has 0 radical (unpaired) electrons. The predicted molar refractivity (Wildman–Crippen MR) is 53.9 cm³/mol. The minimum absolute atomic E-state index is 0. The quantitative estimate of drug-likeness (QED) is 0.264. The summed E-state index contributed by atoms with van der Waals surface area (Å²) in [6, 6.07) is 0. The Hall–Kier alpha value is -1.64. The molecule has 0 aromatic rings. The van der Waals surface area contributed by atoms with Crippen LogP contribution >= 0.6 is 0 Å². The summed E-state index contributed by atoms with van der Waals surface area (Å²) in [7, 11) is 0. The number of carbonyl (C=O) groups is 4. The van der Waals surface area contributed by atoms with Crippen LogP contribution in [0.4, 0.5) is 0 Å². The summed E-state index contributed by atoms with van der Waals surface area (Å²) >= 11 is 0. The Labute approximate surface area is 116 Å². The van der Waals surface area contributed by atoms with Gasteiger partial charge in [0.15, 0.2) is 0 Å². The molecule has 0 atom stereocenters. The van der Waals surface area contributed by atoms with E-state index in [4.69, 9.17) is 20.4 Å². The van der Waals surface area contributed by atoms with Crippen LogP contribution in [0.5, 0.6) is 0 Å². The first-order valence-corrected chi connectivity index (χ1v) is 3.62. The van der Waals surface area contributed by atoms with Crippen LogP contribution in [0.15, 0.2) is 23.3 Å². The molecule has 0 aliphatic rings. The van der Waals surface area contributed by atoms with E-state index < -0.39 is 35.0 Å². The third kappa shape index (κ3) is 6.51. The molecule has 0 fully saturated rings. The number of hydrogen-bond acceptors (Lipinski definition) is 4. The van der Waals surface area contributed by atoms with Crippen LogP contribution in [0.2, 0.25) is 0 Å². The second kappa shape index (κ2) is 7.60. The Morgan fingerprint density at radius 2 is 0.882 bits per heavy atom. The molecule has 0 bridgehead atoms. The van der Waals surface area contributed by atoms with Crippen molar-refractivity contribution in [1.82, 2.24) is 0 Å². The van der Waals surface area contributed by atoms with Crippen molar-refractivity contribution < 1.29 is 39.6 Å². The molecular formula is C8H7NaO8. The van der Waals surface area contributed by atoms with Gasteiger partial charge in [-0.1, -0.05) is 0 Å². The fraction of sp³-hybridized carbons (Fsp3) is 0. The van der Waals surface area contributed by atoms with E-state index in [1.807, 2.05) is 0 Å². The molecule has 0 saturated carbocycles. The van der Waals surface area contributed by atoms with Gasteiger partial charge in [0.2, 0.25) is 0 Å². The zero-order valence-electron chi connectivity index (χ0n) is 7.58. The molecular weight excluding hydrogens is 247 g/mol. The van der Waals surface area contributed by atoms with Gasteiger partial charge in [-0.2, -0.15) is 0 Å². The maximum absolute atomic E-state index is 10.5. The van der Waals surface area contributed by atoms with Gasteiger partial charge in [-0.05, 0) is 0 Å². The van der Waals surface area contributed by atoms with Crippen molar-refractivity contribution >= 4 is 53.4 Å². The SMILES string of the molecule is O=C(O)C=C(C(=O)O)C(=CC(=O)O)C(=O)O.[NaH]. The van der Waals surface area contributed by atoms with Crippen molar-refractivity contribution in [3.05, 3.63) is 23.3 Å². The van der Waals surface area contributed by atoms with E-state index in [0.29, 0.717) is 0 Å². The average molecular weight is 254 g/mol. The van der Waals surface area contributed by atoms with Crippen LogP contribution < -0.4 is 0 Å². The molecule has 4 N–H and O–H groups in total. The molecule has 0 unspecified atom stereocenters. The third-order valence-electron chi connectivity index (χ3n) is 1.29. The zero-order chi connectivity index (χ0) is 12.9. The summed E-state index contributed by atoms with van der Waals surface area (Å²) in [5, 5.41) is 33.6. The number of hydrogen-bond donors (Lipinski definition) is 4. The molecule has 0 saturated heterocycles. The molecule has 0 aromatic carbocycles. The van der Waals surface area contributed by atoms with Gasteiger partial charge in [0.05, 0.1) is 11.1 Å². The van der Waals surface area contributed by atoms with Gasteiger partial charge in [0, 0.05) is 12.2 Å². The average Bonchev–Trinajstić information content (AvgIpc) is 2.09. The third-order valence-corrected chi connectivity index (χ3v) is 1.29. The van der Waals surface area contributed by atoms with E-state index in [0.717, 1.165) is 0 Å². The Morgan fingerprint density at radius 3 is 1.00 bits per heavy atom. The first-order chi connectivity index (χ1) is 7.25. The fourth-order valence-corrected chi connectivity index (χ4v) is 0.756. The Balaban J connectivity index is 0. The van der Waals surface area contributed by atoms with Gasteiger partial charge >= 0.3 is 53.4 Å². The topological polar surface area (TPSA) is 149 Å². The summed E-state index contributed by atoms with van der Waals surface area (Å²) in [6.07, 6.45) is 0.205. The molecule has 0 amide bonds. The molecule has 0 aromatic heterocycles. The standard InChI is InChI=1S/C8H6O8.Na.H/c9-5(10)1-3(7(13)14)4(8(15)16)2-6(11)12;;/h1-2H,(H,9,10)(H,11,12)(H,13,14)(H,15,16);;. The van der Waals surface area contributed by atoms with E-state index >= 15 is 0 Å². The molecule has 0 rings (SSSR count). The molecule has 17 heavy (non-hydrogen) atoms. The minimum atomic E-state index is -1.85. The second-order valence-corrected chi connectivity index (χ2v) is 2.40. The van der Waals surface area contributed by atoms with Crippen LogP contribution in [0, 0.1) is 0 Å². The van der Waals surface area contributed by atoms with E-state index in [9.17, 15) is 19.2 Å². The Kier molecular flexibility index (Phi) is 7.94. The van der Waals surface area contributed by atoms with E-state index in [2.05, 4.69) is 0 Å². The van der Waals surface area contributed by atoms with E-state index in [1.54, 1.807) is 0 Å². The van der Waals surface area contributed by atoms with Crippen LogP contribution in [0.3, 0.4) is 0 Å². The van der Waals surface area contributed by atoms with Crippen molar-refractivity contribution in [3.63, 3.8) is 0 Å². The van der Waals surface area contributed by atoms with Crippen LogP contribution in [0.1, 0.15) is 0 Å². The van der Waals surface area contributed by atoms with Crippen molar-refractivity contribution in [1.29, 1.82) is 0 Å². The normalized spacial score (nSPS) is 11.3. The number of carboxylic acids is 4. The van der Waals surface area contributed by atoms with Crippen LogP contribution in [-0.4, -0.2) is 73.9 Å². The number of aliphatic carboxylic acids is 4. The number of carboxylic acid groups (broad SMARTS) is 4. The van der Waals surface area contributed by atoms with Crippen molar-refractivity contribution in [2.45, 2.75) is 0 Å². The summed E-state index contributed by atoms with van der Waals surface area (Å²) in [4.78, 5) is 41.5. The second-order valence-electron chi connectivity index (χ2n) is 2.40. The van der Waals surface area contributed by atoms with Gasteiger partial charge in [-0.25, -0.2) is 19.2 Å². The van der Waals surface area contributed by atoms with Gasteiger partial charge in [-0.3, -0.25) is 0 Å². The summed E-state index contributed by atoms with van der Waals surface area (Å²) in [5.41, 5.74) is -2.25. The molecule has 0 heterocycles. The Bertz CT molecular complexity index is 379. The predicted octanol–water partition coefficient (Wildman–Crippen LogP) is -1.47. The summed E-state index contributed by atoms with van der Waals surface area (Å²) in [5.74, 6) is -7.10. The van der Waals surface area contributed by atoms with Gasteiger partial charge in [0.25, 0.3) is 0 Å². The van der Waals surface area contributed by atoms with Crippen molar-refractivity contribution in [2.75, 3.05) is 0 Å². The van der Waals surface area contributed by atoms with Crippen LogP contribution in [-0.2, 0) is 19.2 Å². The van der Waals surface area contributed by atoms with Gasteiger partial charge in [0.1, 0.15) is 0 Å². The van der Waals surface area contributed by atoms with Gasteiger partial charge < -0.3 is 20.4 Å². The first-order valence-electron chi connectivity index (χ1n) is 3.62. The molecule has 0 spiro atoms. The molecule has 0 aliphatic carbocycles. The molecule has 0 aliphatic heterocycles. The van der Waals surface area contributed by atoms with Crippen molar-refractivity contribution in [2.24, 2.45) is 0 Å². The van der Waals surface area contributed by atoms with Gasteiger partial charge in [-0.15, -0.1) is 0 Å². The molecule has 9 heteroatoms. The van der Waals surface area contributed by atoms with Crippen molar-refractivity contribution in [3.8, 4) is 0 Å². The molecule has 8 nitrogen and oxygen atoms in total. The van der Waals surface area contributed by atoms with E-state index in [1.165, 1.54) is 0 Å². The summed E-state index contributed by atoms with van der Waals surface area (Å²) < 4.78 is 0.